The number of aromatic nitrogens is 2. The molecule has 4 saturated carbocycles. The van der Waals surface area contributed by atoms with Crippen LogP contribution >= 0.6 is 0 Å². The van der Waals surface area contributed by atoms with Crippen LogP contribution in [0.2, 0.25) is 0 Å². The van der Waals surface area contributed by atoms with Gasteiger partial charge in [0.2, 0.25) is 0 Å². The van der Waals surface area contributed by atoms with Crippen LogP contribution in [0.3, 0.4) is 0 Å². The largest absolute Gasteiger partial charge is 0.420 e. The van der Waals surface area contributed by atoms with Gasteiger partial charge in [-0.15, -0.1) is 0 Å². The van der Waals surface area contributed by atoms with E-state index in [0.29, 0.717) is 25.2 Å². The molecule has 2 N–H and O–H groups in total. The molecule has 0 aromatic carbocycles. The number of nitrogens with two attached hydrogens (primary N) is 1. The molecule has 4 aliphatic carbocycles. The maximum Gasteiger partial charge on any atom is 0.420 e. The van der Waals surface area contributed by atoms with Crippen LogP contribution in [0.4, 0.5) is 26.3 Å². The Kier molecular flexibility index (Phi) is 3.14. The van der Waals surface area contributed by atoms with E-state index in [1.54, 1.807) is 0 Å². The molecule has 1 aromatic rings. The predicted molar refractivity (Wildman–Crippen MR) is 72.4 cm³/mol. The van der Waals surface area contributed by atoms with Crippen LogP contribution in [0.5, 0.6) is 0 Å². The first-order chi connectivity index (χ1) is 11.4. The van der Waals surface area contributed by atoms with Crippen molar-refractivity contribution in [2.45, 2.75) is 50.0 Å². The van der Waals surface area contributed by atoms with E-state index in [0.717, 1.165) is 4.68 Å². The van der Waals surface area contributed by atoms with Gasteiger partial charge in [0.05, 0.1) is 11.6 Å². The van der Waals surface area contributed by atoms with Crippen molar-refractivity contribution in [3.63, 3.8) is 0 Å². The number of hydrogen-bond donors (Lipinski definition) is 1. The van der Waals surface area contributed by atoms with Gasteiger partial charge in [0, 0.05) is 12.0 Å². The Bertz CT molecular complexity index is 733. The minimum Gasteiger partial charge on any atom is -0.364 e. The lowest BCUT2D eigenvalue weighted by atomic mass is 9.43. The summed E-state index contributed by atoms with van der Waals surface area (Å²) in [5, 5.41) is 3.95. The van der Waals surface area contributed by atoms with E-state index in [-0.39, 0.29) is 18.7 Å². The maximum absolute atomic E-state index is 13.6. The van der Waals surface area contributed by atoms with Crippen LogP contribution in [0, 0.1) is 17.8 Å². The monoisotopic (exact) mass is 367 g/mol. The zero-order valence-corrected chi connectivity index (χ0v) is 12.9. The molecule has 1 aromatic heterocycles. The molecule has 1 heterocycles. The van der Waals surface area contributed by atoms with Crippen LogP contribution in [-0.2, 0) is 18.1 Å². The number of carbonyl (C=O) groups excluding carboxylic acids is 1. The SMILES string of the molecule is NC(=O)c1c(C(F)(F)F)c(C23CC(C2)C3)nn1CC1C[C@@H]1C(F)(F)F. The highest BCUT2D eigenvalue weighted by molar-refractivity contribution is 5.93. The van der Waals surface area contributed by atoms with Crippen molar-refractivity contribution >= 4 is 5.91 Å². The first-order valence-corrected chi connectivity index (χ1v) is 7.97. The Morgan fingerprint density at radius 1 is 1.20 bits per heavy atom. The van der Waals surface area contributed by atoms with Gasteiger partial charge in [0.1, 0.15) is 11.3 Å². The lowest BCUT2D eigenvalue weighted by Gasteiger charge is -2.61. The standard InChI is InChI=1S/C15H15F6N3O/c16-14(17,18)8-1-7(8)5-24-10(12(22)25)9(15(19,20)21)11(23-24)13-2-6(3-13)4-13/h6-8H,1-5H2,(H2,22,25)/t6?,7?,8-,13?/m0/s1. The number of primary amides is 1. The van der Waals surface area contributed by atoms with Crippen molar-refractivity contribution in [3.8, 4) is 0 Å². The highest BCUT2D eigenvalue weighted by Gasteiger charge is 2.62. The summed E-state index contributed by atoms with van der Waals surface area (Å²) in [6.07, 6.45) is -7.69. The average Bonchev–Trinajstić information content (AvgIpc) is 2.98. The molecule has 0 radical (unpaired) electrons. The number of rotatable bonds is 4. The van der Waals surface area contributed by atoms with Gasteiger partial charge in [0.15, 0.2) is 0 Å². The van der Waals surface area contributed by atoms with Crippen LogP contribution < -0.4 is 5.73 Å². The van der Waals surface area contributed by atoms with Gasteiger partial charge in [-0.3, -0.25) is 9.48 Å². The number of carbonyl (C=O) groups is 1. The quantitative estimate of drug-likeness (QED) is 0.831. The molecule has 10 heteroatoms. The fourth-order valence-electron chi connectivity index (χ4n) is 4.32. The molecule has 25 heavy (non-hydrogen) atoms. The van der Waals surface area contributed by atoms with Crippen molar-refractivity contribution in [1.82, 2.24) is 9.78 Å². The fraction of sp³-hybridized carbons (Fsp3) is 0.733. The average molecular weight is 367 g/mol. The van der Waals surface area contributed by atoms with Crippen molar-refractivity contribution in [3.05, 3.63) is 17.0 Å². The van der Waals surface area contributed by atoms with E-state index < -0.39 is 46.8 Å². The Labute approximate surface area is 138 Å². The number of alkyl halides is 6. The van der Waals surface area contributed by atoms with Crippen molar-refractivity contribution in [2.75, 3.05) is 0 Å². The number of halogens is 6. The van der Waals surface area contributed by atoms with Gasteiger partial charge in [-0.2, -0.15) is 31.4 Å². The molecule has 1 unspecified atom stereocenters. The normalized spacial score (nSPS) is 33.6. The Morgan fingerprint density at radius 3 is 2.16 bits per heavy atom. The Balaban J connectivity index is 1.73. The fourth-order valence-corrected chi connectivity index (χ4v) is 4.32. The summed E-state index contributed by atoms with van der Waals surface area (Å²) in [5.74, 6) is -3.38. The topological polar surface area (TPSA) is 60.9 Å². The summed E-state index contributed by atoms with van der Waals surface area (Å²) in [6.45, 7) is -0.384. The van der Waals surface area contributed by atoms with Gasteiger partial charge in [-0.1, -0.05) is 0 Å². The highest BCUT2D eigenvalue weighted by Crippen LogP contribution is 2.66. The highest BCUT2D eigenvalue weighted by atomic mass is 19.4. The third-order valence-electron chi connectivity index (χ3n) is 5.76. The van der Waals surface area contributed by atoms with Crippen LogP contribution in [0.15, 0.2) is 0 Å². The van der Waals surface area contributed by atoms with E-state index >= 15 is 0 Å². The number of amides is 1. The molecule has 4 aliphatic rings. The molecule has 2 atom stereocenters. The zero-order chi connectivity index (χ0) is 18.4. The van der Waals surface area contributed by atoms with Gasteiger partial charge in [-0.05, 0) is 37.5 Å². The molecule has 0 spiro atoms. The molecule has 0 aliphatic heterocycles. The van der Waals surface area contributed by atoms with E-state index in [4.69, 9.17) is 5.73 Å². The first kappa shape index (κ1) is 16.7. The second-order valence-corrected chi connectivity index (χ2v) is 7.52. The summed E-state index contributed by atoms with van der Waals surface area (Å²) in [4.78, 5) is 11.7. The summed E-state index contributed by atoms with van der Waals surface area (Å²) >= 11 is 0. The molecule has 1 amide bonds. The van der Waals surface area contributed by atoms with Gasteiger partial charge in [-0.25, -0.2) is 0 Å². The molecule has 2 bridgehead atoms. The number of nitrogens with zero attached hydrogens (tertiary/aromatic N) is 2. The Morgan fingerprint density at radius 2 is 1.80 bits per heavy atom. The van der Waals surface area contributed by atoms with Crippen molar-refractivity contribution in [1.29, 1.82) is 0 Å². The van der Waals surface area contributed by atoms with E-state index in [1.165, 1.54) is 0 Å². The van der Waals surface area contributed by atoms with Crippen LogP contribution in [-0.4, -0.2) is 21.9 Å². The van der Waals surface area contributed by atoms with Gasteiger partial charge < -0.3 is 5.73 Å². The molecular formula is C15H15F6N3O. The van der Waals surface area contributed by atoms with E-state index in [2.05, 4.69) is 5.10 Å². The summed E-state index contributed by atoms with van der Waals surface area (Å²) < 4.78 is 79.5. The van der Waals surface area contributed by atoms with Crippen molar-refractivity contribution in [2.24, 2.45) is 23.5 Å². The first-order valence-electron chi connectivity index (χ1n) is 7.97. The van der Waals surface area contributed by atoms with Crippen LogP contribution in [0.1, 0.15) is 47.4 Å². The number of hydrogen-bond acceptors (Lipinski definition) is 2. The Hall–Kier alpha value is -1.74. The molecule has 4 fully saturated rings. The lowest BCUT2D eigenvalue weighted by Crippen LogP contribution is -2.56. The second-order valence-electron chi connectivity index (χ2n) is 7.52. The van der Waals surface area contributed by atoms with Gasteiger partial charge in [0.25, 0.3) is 5.91 Å². The molecule has 4 nitrogen and oxygen atoms in total. The summed E-state index contributed by atoms with van der Waals surface area (Å²) in [6, 6.07) is 0. The zero-order valence-electron chi connectivity index (χ0n) is 12.9. The van der Waals surface area contributed by atoms with Crippen molar-refractivity contribution < 1.29 is 31.1 Å². The maximum atomic E-state index is 13.6. The molecule has 5 rings (SSSR count). The van der Waals surface area contributed by atoms with Gasteiger partial charge >= 0.3 is 12.4 Å². The lowest BCUT2D eigenvalue weighted by molar-refractivity contribution is -0.151. The second kappa shape index (κ2) is 4.70. The molecule has 0 saturated heterocycles. The predicted octanol–water partition coefficient (Wildman–Crippen LogP) is 3.25. The third kappa shape index (κ3) is 2.43. The molecule has 138 valence electrons. The van der Waals surface area contributed by atoms with E-state index in [9.17, 15) is 31.1 Å². The smallest absolute Gasteiger partial charge is 0.364 e. The summed E-state index contributed by atoms with van der Waals surface area (Å²) in [5.41, 5.74) is 2.23. The minimum atomic E-state index is -4.83. The molecular weight excluding hydrogens is 352 g/mol. The summed E-state index contributed by atoms with van der Waals surface area (Å²) in [7, 11) is 0. The van der Waals surface area contributed by atoms with Crippen LogP contribution in [0.25, 0.3) is 0 Å². The minimum absolute atomic E-state index is 0.175. The van der Waals surface area contributed by atoms with E-state index in [1.807, 2.05) is 0 Å². The third-order valence-corrected chi connectivity index (χ3v) is 5.76.